The van der Waals surface area contributed by atoms with Gasteiger partial charge in [0.15, 0.2) is 0 Å². The van der Waals surface area contributed by atoms with Crippen LogP contribution in [0, 0.1) is 0 Å². The molecule has 0 atom stereocenters. The number of para-hydroxylation sites is 1. The molecule has 1 N–H and O–H groups in total. The molecule has 4 rings (SSSR count). The lowest BCUT2D eigenvalue weighted by Crippen LogP contribution is -2.34. The highest BCUT2D eigenvalue weighted by atomic mass is 16.2. The lowest BCUT2D eigenvalue weighted by molar-refractivity contribution is -0.121. The molecule has 8 heteroatoms. The second kappa shape index (κ2) is 8.38. The first kappa shape index (κ1) is 19.0. The van der Waals surface area contributed by atoms with Gasteiger partial charge in [0.1, 0.15) is 0 Å². The van der Waals surface area contributed by atoms with Gasteiger partial charge < -0.3 is 5.32 Å². The van der Waals surface area contributed by atoms with Crippen LogP contribution in [-0.4, -0.2) is 31.8 Å². The summed E-state index contributed by atoms with van der Waals surface area (Å²) in [6, 6.07) is 8.80. The minimum absolute atomic E-state index is 0.131. The molecule has 150 valence electrons. The Kier molecular flexibility index (Phi) is 5.50. The van der Waals surface area contributed by atoms with Crippen molar-refractivity contribution in [1.29, 1.82) is 0 Å². The summed E-state index contributed by atoms with van der Waals surface area (Å²) >= 11 is 0. The maximum atomic E-state index is 12.4. The van der Waals surface area contributed by atoms with E-state index in [9.17, 15) is 14.4 Å². The van der Waals surface area contributed by atoms with Crippen molar-refractivity contribution in [1.82, 2.24) is 24.6 Å². The van der Waals surface area contributed by atoms with Gasteiger partial charge in [-0.1, -0.05) is 12.1 Å². The lowest BCUT2D eigenvalue weighted by atomic mass is 9.97. The zero-order valence-corrected chi connectivity index (χ0v) is 16.1. The molecule has 0 unspecified atom stereocenters. The second-order valence-corrected chi connectivity index (χ2v) is 7.24. The van der Waals surface area contributed by atoms with Crippen molar-refractivity contribution in [2.24, 2.45) is 0 Å². The topological polar surface area (TPSA) is 98.9 Å². The number of hydrogen-bond acceptors (Lipinski definition) is 5. The number of nitrogens with zero attached hydrogens (tertiary/aromatic N) is 4. The van der Waals surface area contributed by atoms with Crippen molar-refractivity contribution in [3.63, 3.8) is 0 Å². The van der Waals surface area contributed by atoms with E-state index in [-0.39, 0.29) is 30.0 Å². The Balaban J connectivity index is 1.31. The molecule has 1 aliphatic carbocycles. The predicted molar refractivity (Wildman–Crippen MR) is 109 cm³/mol. The molecule has 8 nitrogen and oxygen atoms in total. The number of carbonyl (C=O) groups is 1. The van der Waals surface area contributed by atoms with Gasteiger partial charge in [-0.2, -0.15) is 5.10 Å². The van der Waals surface area contributed by atoms with Gasteiger partial charge in [0, 0.05) is 25.6 Å². The summed E-state index contributed by atoms with van der Waals surface area (Å²) in [4.78, 5) is 41.0. The van der Waals surface area contributed by atoms with Crippen LogP contribution in [-0.2, 0) is 30.7 Å². The van der Waals surface area contributed by atoms with E-state index in [0.717, 1.165) is 36.9 Å². The zero-order valence-electron chi connectivity index (χ0n) is 16.1. The first-order valence-electron chi connectivity index (χ1n) is 9.92. The molecule has 0 bridgehead atoms. The molecular weight excluding hydrogens is 370 g/mol. The number of aromatic nitrogens is 4. The van der Waals surface area contributed by atoms with Crippen LogP contribution in [0.25, 0.3) is 10.9 Å². The third-order valence-electron chi connectivity index (χ3n) is 5.23. The molecule has 2 heterocycles. The van der Waals surface area contributed by atoms with Crippen LogP contribution in [0.5, 0.6) is 0 Å². The molecule has 0 saturated carbocycles. The van der Waals surface area contributed by atoms with Crippen LogP contribution < -0.4 is 16.4 Å². The SMILES string of the molecule is O=C(CCn1cnc2ccccc2c1=O)NCCn1nc2c(cc1=O)CCCC2. The number of amides is 1. The Bertz CT molecular complexity index is 1160. The summed E-state index contributed by atoms with van der Waals surface area (Å²) in [7, 11) is 0. The average molecular weight is 393 g/mol. The van der Waals surface area contributed by atoms with E-state index in [4.69, 9.17) is 0 Å². The fourth-order valence-corrected chi connectivity index (χ4v) is 3.64. The second-order valence-electron chi connectivity index (χ2n) is 7.24. The highest BCUT2D eigenvalue weighted by Crippen LogP contribution is 2.16. The van der Waals surface area contributed by atoms with Crippen molar-refractivity contribution >= 4 is 16.8 Å². The predicted octanol–water partition coefficient (Wildman–Crippen LogP) is 1.04. The van der Waals surface area contributed by atoms with Gasteiger partial charge in [-0.15, -0.1) is 0 Å². The van der Waals surface area contributed by atoms with Gasteiger partial charge in [-0.25, -0.2) is 9.67 Å². The molecule has 3 aromatic rings. The van der Waals surface area contributed by atoms with Gasteiger partial charge in [0.25, 0.3) is 11.1 Å². The summed E-state index contributed by atoms with van der Waals surface area (Å²) in [5.41, 5.74) is 2.39. The lowest BCUT2D eigenvalue weighted by Gasteiger charge is -2.16. The molecule has 0 fully saturated rings. The van der Waals surface area contributed by atoms with Crippen LogP contribution in [0.2, 0.25) is 0 Å². The van der Waals surface area contributed by atoms with Crippen molar-refractivity contribution in [3.05, 3.63) is 68.6 Å². The van der Waals surface area contributed by atoms with E-state index in [2.05, 4.69) is 15.4 Å². The molecule has 0 aliphatic heterocycles. The Morgan fingerprint density at radius 1 is 1.10 bits per heavy atom. The maximum absolute atomic E-state index is 12.4. The van der Waals surface area contributed by atoms with E-state index < -0.39 is 0 Å². The molecule has 2 aromatic heterocycles. The number of rotatable bonds is 6. The molecule has 0 radical (unpaired) electrons. The third kappa shape index (κ3) is 4.26. The third-order valence-corrected chi connectivity index (χ3v) is 5.23. The van der Waals surface area contributed by atoms with E-state index in [0.29, 0.717) is 24.0 Å². The molecule has 29 heavy (non-hydrogen) atoms. The highest BCUT2D eigenvalue weighted by molar-refractivity contribution is 5.77. The normalized spacial score (nSPS) is 13.2. The molecule has 1 amide bonds. The van der Waals surface area contributed by atoms with Crippen LogP contribution in [0.15, 0.2) is 46.2 Å². The molecular formula is C21H23N5O3. The largest absolute Gasteiger partial charge is 0.354 e. The van der Waals surface area contributed by atoms with Crippen molar-refractivity contribution in [2.45, 2.75) is 45.2 Å². The summed E-state index contributed by atoms with van der Waals surface area (Å²) in [6.45, 7) is 0.893. The fourth-order valence-electron chi connectivity index (χ4n) is 3.64. The molecule has 1 aromatic carbocycles. The maximum Gasteiger partial charge on any atom is 0.267 e. The highest BCUT2D eigenvalue weighted by Gasteiger charge is 2.13. The van der Waals surface area contributed by atoms with Gasteiger partial charge in [-0.3, -0.25) is 19.0 Å². The summed E-state index contributed by atoms with van der Waals surface area (Å²) in [6.07, 6.45) is 5.64. The van der Waals surface area contributed by atoms with Crippen LogP contribution in [0.3, 0.4) is 0 Å². The Morgan fingerprint density at radius 3 is 2.83 bits per heavy atom. The minimum Gasteiger partial charge on any atom is -0.354 e. The van der Waals surface area contributed by atoms with E-state index in [1.807, 2.05) is 6.07 Å². The first-order chi connectivity index (χ1) is 14.1. The van der Waals surface area contributed by atoms with E-state index in [1.54, 1.807) is 24.3 Å². The Morgan fingerprint density at radius 2 is 1.93 bits per heavy atom. The monoisotopic (exact) mass is 393 g/mol. The number of aryl methyl sites for hydroxylation is 3. The van der Waals surface area contributed by atoms with Crippen LogP contribution >= 0.6 is 0 Å². The van der Waals surface area contributed by atoms with Gasteiger partial charge in [0.2, 0.25) is 5.91 Å². The van der Waals surface area contributed by atoms with Crippen molar-refractivity contribution < 1.29 is 4.79 Å². The van der Waals surface area contributed by atoms with Gasteiger partial charge in [-0.05, 0) is 43.4 Å². The van der Waals surface area contributed by atoms with Crippen LogP contribution in [0.1, 0.15) is 30.5 Å². The average Bonchev–Trinajstić information content (AvgIpc) is 2.74. The Labute approximate surface area is 167 Å². The number of nitrogens with one attached hydrogen (secondary N) is 1. The standard InChI is InChI=1S/C21H23N5O3/c27-19(9-11-25-14-23-18-8-4-2-6-16(18)21(25)29)22-10-12-26-20(28)13-15-5-1-3-7-17(15)24-26/h2,4,6,8,13-14H,1,3,5,7,9-12H2,(H,22,27). The Hall–Kier alpha value is -3.29. The summed E-state index contributed by atoms with van der Waals surface area (Å²) < 4.78 is 2.86. The first-order valence-corrected chi connectivity index (χ1v) is 9.92. The fraction of sp³-hybridized carbons (Fsp3) is 0.381. The number of fused-ring (bicyclic) bond motifs is 2. The molecule has 0 spiro atoms. The van der Waals surface area contributed by atoms with Crippen molar-refractivity contribution in [2.75, 3.05) is 6.54 Å². The summed E-state index contributed by atoms with van der Waals surface area (Å²) in [5.74, 6) is -0.184. The number of carbonyl (C=O) groups excluding carboxylic acids is 1. The molecule has 0 saturated heterocycles. The summed E-state index contributed by atoms with van der Waals surface area (Å²) in [5, 5.41) is 7.77. The van der Waals surface area contributed by atoms with Gasteiger partial charge in [0.05, 0.1) is 29.5 Å². The van der Waals surface area contributed by atoms with E-state index in [1.165, 1.54) is 15.6 Å². The zero-order chi connectivity index (χ0) is 20.2. The minimum atomic E-state index is -0.184. The van der Waals surface area contributed by atoms with Crippen molar-refractivity contribution in [3.8, 4) is 0 Å². The molecule has 1 aliphatic rings. The number of hydrogen-bond donors (Lipinski definition) is 1. The van der Waals surface area contributed by atoms with E-state index >= 15 is 0 Å². The quantitative estimate of drug-likeness (QED) is 0.675. The van der Waals surface area contributed by atoms with Crippen LogP contribution in [0.4, 0.5) is 0 Å². The van der Waals surface area contributed by atoms with Gasteiger partial charge >= 0.3 is 0 Å². The number of benzene rings is 1. The smallest absolute Gasteiger partial charge is 0.267 e.